The molecule has 34 heavy (non-hydrogen) atoms. The molecule has 4 rings (SSSR count). The third-order valence-electron chi connectivity index (χ3n) is 6.13. The smallest absolute Gasteiger partial charge is 0.240 e. The Hall–Kier alpha value is -3.61. The quantitative estimate of drug-likeness (QED) is 0.314. The Morgan fingerprint density at radius 1 is 0.853 bits per heavy atom. The van der Waals surface area contributed by atoms with Gasteiger partial charge >= 0.3 is 0 Å². The minimum atomic E-state index is -0.305. The zero-order valence-electron chi connectivity index (χ0n) is 19.2. The zero-order valence-corrected chi connectivity index (χ0v) is 19.2. The highest BCUT2D eigenvalue weighted by atomic mass is 16.5. The molecule has 1 aliphatic carbocycles. The van der Waals surface area contributed by atoms with Crippen LogP contribution in [0.2, 0.25) is 0 Å². The van der Waals surface area contributed by atoms with E-state index in [4.69, 9.17) is 9.47 Å². The van der Waals surface area contributed by atoms with Crippen molar-refractivity contribution >= 4 is 17.7 Å². The predicted molar refractivity (Wildman–Crippen MR) is 127 cm³/mol. The van der Waals surface area contributed by atoms with Crippen LogP contribution >= 0.6 is 0 Å². The van der Waals surface area contributed by atoms with Crippen molar-refractivity contribution in [3.63, 3.8) is 0 Å². The Bertz CT molecular complexity index is 993. The average molecular weight is 463 g/mol. The Kier molecular flexibility index (Phi) is 7.96. The van der Waals surface area contributed by atoms with Gasteiger partial charge in [-0.25, -0.2) is 0 Å². The highest BCUT2D eigenvalue weighted by Gasteiger charge is 2.47. The average Bonchev–Trinajstić information content (AvgIpc) is 3.11. The van der Waals surface area contributed by atoms with Gasteiger partial charge in [-0.3, -0.25) is 19.3 Å². The summed E-state index contributed by atoms with van der Waals surface area (Å²) >= 11 is 0. The number of allylic oxidation sites excluding steroid dienone is 2. The number of ether oxygens (including phenoxy) is 2. The number of carbonyl (C=O) groups excluding carboxylic acids is 3. The summed E-state index contributed by atoms with van der Waals surface area (Å²) in [4.78, 5) is 38.2. The molecule has 7 heteroatoms. The van der Waals surface area contributed by atoms with Crippen LogP contribution in [-0.4, -0.2) is 42.3 Å². The fourth-order valence-corrected chi connectivity index (χ4v) is 4.24. The SMILES string of the molecule is O=C(CN1C(=O)C2CC=CCC2C1=O)NCCCCOc1ccc(OCc2ccccc2)cc1. The van der Waals surface area contributed by atoms with Crippen LogP contribution in [-0.2, 0) is 21.0 Å². The minimum Gasteiger partial charge on any atom is -0.494 e. The van der Waals surface area contributed by atoms with Crippen molar-refractivity contribution in [3.05, 3.63) is 72.3 Å². The first kappa shape index (κ1) is 23.5. The van der Waals surface area contributed by atoms with Crippen molar-refractivity contribution in [2.75, 3.05) is 19.7 Å². The van der Waals surface area contributed by atoms with Gasteiger partial charge in [0.1, 0.15) is 24.7 Å². The first-order valence-corrected chi connectivity index (χ1v) is 11.8. The number of likely N-dealkylation sites (tertiary alicyclic amines) is 1. The van der Waals surface area contributed by atoms with Gasteiger partial charge in [-0.2, -0.15) is 0 Å². The molecule has 0 aromatic heterocycles. The fourth-order valence-electron chi connectivity index (χ4n) is 4.24. The van der Waals surface area contributed by atoms with E-state index in [1.165, 1.54) is 0 Å². The summed E-state index contributed by atoms with van der Waals surface area (Å²) in [6.45, 7) is 1.32. The highest BCUT2D eigenvalue weighted by molar-refractivity contribution is 6.07. The molecular weight excluding hydrogens is 432 g/mol. The molecule has 3 amide bonds. The maximum absolute atomic E-state index is 12.4. The maximum Gasteiger partial charge on any atom is 0.240 e. The molecule has 1 saturated heterocycles. The van der Waals surface area contributed by atoms with E-state index >= 15 is 0 Å². The number of fused-ring (bicyclic) bond motifs is 1. The summed E-state index contributed by atoms with van der Waals surface area (Å²) in [5, 5.41) is 2.79. The lowest BCUT2D eigenvalue weighted by Gasteiger charge is -2.14. The number of hydrogen-bond acceptors (Lipinski definition) is 5. The fraction of sp³-hybridized carbons (Fsp3) is 0.370. The van der Waals surface area contributed by atoms with E-state index in [-0.39, 0.29) is 36.1 Å². The predicted octanol–water partition coefficient (Wildman–Crippen LogP) is 3.49. The number of nitrogens with zero attached hydrogens (tertiary/aromatic N) is 1. The molecule has 2 aromatic rings. The lowest BCUT2D eigenvalue weighted by molar-refractivity contribution is -0.143. The summed E-state index contributed by atoms with van der Waals surface area (Å²) < 4.78 is 11.5. The van der Waals surface area contributed by atoms with Gasteiger partial charge in [0.15, 0.2) is 0 Å². The van der Waals surface area contributed by atoms with Crippen molar-refractivity contribution in [1.82, 2.24) is 10.2 Å². The minimum absolute atomic E-state index is 0.195. The number of nitrogens with one attached hydrogen (secondary N) is 1. The molecule has 2 unspecified atom stereocenters. The van der Waals surface area contributed by atoms with Crippen molar-refractivity contribution in [2.45, 2.75) is 32.3 Å². The van der Waals surface area contributed by atoms with Crippen LogP contribution in [0.3, 0.4) is 0 Å². The second-order valence-corrected chi connectivity index (χ2v) is 8.57. The van der Waals surface area contributed by atoms with Gasteiger partial charge in [0.2, 0.25) is 17.7 Å². The molecule has 7 nitrogen and oxygen atoms in total. The number of unbranched alkanes of at least 4 members (excludes halogenated alkanes) is 1. The molecule has 2 atom stereocenters. The van der Waals surface area contributed by atoms with Gasteiger partial charge in [0.05, 0.1) is 18.4 Å². The van der Waals surface area contributed by atoms with Gasteiger partial charge in [0, 0.05) is 6.54 Å². The second kappa shape index (κ2) is 11.5. The largest absolute Gasteiger partial charge is 0.494 e. The van der Waals surface area contributed by atoms with Gasteiger partial charge in [-0.1, -0.05) is 42.5 Å². The van der Waals surface area contributed by atoms with Crippen LogP contribution in [0, 0.1) is 11.8 Å². The van der Waals surface area contributed by atoms with E-state index in [0.717, 1.165) is 34.8 Å². The monoisotopic (exact) mass is 462 g/mol. The molecule has 1 fully saturated rings. The number of imide groups is 1. The number of hydrogen-bond donors (Lipinski definition) is 1. The van der Waals surface area contributed by atoms with Crippen molar-refractivity contribution in [3.8, 4) is 11.5 Å². The van der Waals surface area contributed by atoms with Crippen LogP contribution in [0.15, 0.2) is 66.7 Å². The molecule has 1 heterocycles. The van der Waals surface area contributed by atoms with Crippen LogP contribution in [0.1, 0.15) is 31.2 Å². The summed E-state index contributed by atoms with van der Waals surface area (Å²) in [5.74, 6) is 0.195. The molecule has 0 saturated carbocycles. The molecule has 0 radical (unpaired) electrons. The van der Waals surface area contributed by atoms with Gasteiger partial charge in [-0.05, 0) is 55.5 Å². The third-order valence-corrected chi connectivity index (χ3v) is 6.13. The Balaban J connectivity index is 1.08. The van der Waals surface area contributed by atoms with E-state index < -0.39 is 0 Å². The number of amides is 3. The van der Waals surface area contributed by atoms with Crippen LogP contribution < -0.4 is 14.8 Å². The topological polar surface area (TPSA) is 84.9 Å². The van der Waals surface area contributed by atoms with Gasteiger partial charge in [-0.15, -0.1) is 0 Å². The van der Waals surface area contributed by atoms with Gasteiger partial charge < -0.3 is 14.8 Å². The Morgan fingerprint density at radius 2 is 1.47 bits per heavy atom. The number of rotatable bonds is 11. The Labute approximate surface area is 199 Å². The van der Waals surface area contributed by atoms with Gasteiger partial charge in [0.25, 0.3) is 0 Å². The second-order valence-electron chi connectivity index (χ2n) is 8.57. The molecule has 0 spiro atoms. The van der Waals surface area contributed by atoms with Crippen molar-refractivity contribution in [1.29, 1.82) is 0 Å². The van der Waals surface area contributed by atoms with Crippen LogP contribution in [0.5, 0.6) is 11.5 Å². The molecule has 0 bridgehead atoms. The summed E-state index contributed by atoms with van der Waals surface area (Å²) in [5.41, 5.74) is 1.11. The number of carbonyl (C=O) groups is 3. The van der Waals surface area contributed by atoms with E-state index in [2.05, 4.69) is 5.32 Å². The first-order valence-electron chi connectivity index (χ1n) is 11.8. The lowest BCUT2D eigenvalue weighted by atomic mass is 9.85. The molecular formula is C27H30N2O5. The summed E-state index contributed by atoms with van der Waals surface area (Å²) in [7, 11) is 0. The van der Waals surface area contributed by atoms with E-state index in [1.807, 2.05) is 66.7 Å². The summed E-state index contributed by atoms with van der Waals surface area (Å²) in [6, 6.07) is 17.5. The molecule has 2 aliphatic rings. The van der Waals surface area contributed by atoms with Crippen LogP contribution in [0.4, 0.5) is 0 Å². The molecule has 1 N–H and O–H groups in total. The van der Waals surface area contributed by atoms with Crippen molar-refractivity contribution in [2.24, 2.45) is 11.8 Å². The highest BCUT2D eigenvalue weighted by Crippen LogP contribution is 2.34. The molecule has 178 valence electrons. The first-order chi connectivity index (χ1) is 16.6. The number of benzene rings is 2. The normalized spacial score (nSPS) is 19.1. The Morgan fingerprint density at radius 3 is 2.12 bits per heavy atom. The third kappa shape index (κ3) is 6.04. The van der Waals surface area contributed by atoms with E-state index in [9.17, 15) is 14.4 Å². The summed E-state index contributed by atoms with van der Waals surface area (Å²) in [6.07, 6.45) is 6.54. The van der Waals surface area contributed by atoms with E-state index in [0.29, 0.717) is 32.6 Å². The maximum atomic E-state index is 12.4. The van der Waals surface area contributed by atoms with Crippen LogP contribution in [0.25, 0.3) is 0 Å². The molecule has 1 aliphatic heterocycles. The molecule has 2 aromatic carbocycles. The standard InChI is InChI=1S/C27H30N2O5/c30-25(18-29-26(31)23-10-4-5-11-24(23)27(29)32)28-16-6-7-17-33-21-12-14-22(15-13-21)34-19-20-8-2-1-3-9-20/h1-5,8-9,12-15,23-24H,6-7,10-11,16-19H2,(H,28,30). The van der Waals surface area contributed by atoms with E-state index in [1.54, 1.807) is 0 Å². The lowest BCUT2D eigenvalue weighted by Crippen LogP contribution is -2.41. The van der Waals surface area contributed by atoms with Crippen molar-refractivity contribution < 1.29 is 23.9 Å². The zero-order chi connectivity index (χ0) is 23.8.